The number of halogens is 1. The molecule has 6 nitrogen and oxygen atoms in total. The highest BCUT2D eigenvalue weighted by atomic mass is 35.5. The van der Waals surface area contributed by atoms with E-state index >= 15 is 0 Å². The quantitative estimate of drug-likeness (QED) is 0.620. The minimum absolute atomic E-state index is 0.0504. The van der Waals surface area contributed by atoms with Gasteiger partial charge in [0.15, 0.2) is 5.92 Å². The molecule has 0 aliphatic carbocycles. The minimum atomic E-state index is -1.22. The third-order valence-corrected chi connectivity index (χ3v) is 3.51. The zero-order valence-electron chi connectivity index (χ0n) is 12.6. The standard InChI is InChI=1S/C16H17ClN2O4/c1-2-23-16(22)14(15(20)21)7-12-8-18-19(10-12)9-11-3-5-13(17)6-4-11/h3-6,8,10,14H,2,7,9H2,1H3,(H,20,21). The topological polar surface area (TPSA) is 81.4 Å². The highest BCUT2D eigenvalue weighted by molar-refractivity contribution is 6.30. The summed E-state index contributed by atoms with van der Waals surface area (Å²) in [5.74, 6) is -3.15. The number of benzene rings is 1. The molecule has 2 rings (SSSR count). The van der Waals surface area contributed by atoms with E-state index in [1.165, 1.54) is 0 Å². The molecule has 0 radical (unpaired) electrons. The smallest absolute Gasteiger partial charge is 0.320 e. The average molecular weight is 337 g/mol. The Kier molecular flexibility index (Phi) is 5.76. The lowest BCUT2D eigenvalue weighted by Crippen LogP contribution is -2.27. The largest absolute Gasteiger partial charge is 0.481 e. The number of ether oxygens (including phenoxy) is 1. The van der Waals surface area contributed by atoms with E-state index in [2.05, 4.69) is 5.10 Å². The van der Waals surface area contributed by atoms with Crippen molar-refractivity contribution in [3.63, 3.8) is 0 Å². The van der Waals surface area contributed by atoms with Crippen LogP contribution in [0.4, 0.5) is 0 Å². The van der Waals surface area contributed by atoms with Gasteiger partial charge in [0.25, 0.3) is 0 Å². The first-order chi connectivity index (χ1) is 11.0. The molecular weight excluding hydrogens is 320 g/mol. The van der Waals surface area contributed by atoms with Crippen molar-refractivity contribution >= 4 is 23.5 Å². The van der Waals surface area contributed by atoms with Gasteiger partial charge in [-0.25, -0.2) is 0 Å². The van der Waals surface area contributed by atoms with Gasteiger partial charge in [-0.2, -0.15) is 5.10 Å². The first kappa shape index (κ1) is 17.0. The molecule has 2 aromatic rings. The van der Waals surface area contributed by atoms with E-state index in [0.29, 0.717) is 17.1 Å². The number of nitrogens with zero attached hydrogens (tertiary/aromatic N) is 2. The molecule has 0 spiro atoms. The number of esters is 1. The second-order valence-corrected chi connectivity index (χ2v) is 5.46. The van der Waals surface area contributed by atoms with Crippen molar-refractivity contribution in [2.45, 2.75) is 19.9 Å². The molecule has 0 aliphatic heterocycles. The summed E-state index contributed by atoms with van der Waals surface area (Å²) in [6.07, 6.45) is 3.34. The first-order valence-corrected chi connectivity index (χ1v) is 7.52. The van der Waals surface area contributed by atoms with Crippen molar-refractivity contribution in [3.8, 4) is 0 Å². The Labute approximate surface area is 138 Å². The van der Waals surface area contributed by atoms with Gasteiger partial charge in [-0.1, -0.05) is 23.7 Å². The zero-order valence-corrected chi connectivity index (χ0v) is 13.4. The van der Waals surface area contributed by atoms with Gasteiger partial charge in [0.2, 0.25) is 0 Å². The summed E-state index contributed by atoms with van der Waals surface area (Å²) in [7, 11) is 0. The van der Waals surface area contributed by atoms with Gasteiger partial charge in [0.05, 0.1) is 19.3 Å². The number of carbonyl (C=O) groups is 2. The molecule has 0 saturated heterocycles. The van der Waals surface area contributed by atoms with Gasteiger partial charge >= 0.3 is 11.9 Å². The number of aromatic nitrogens is 2. The Morgan fingerprint density at radius 3 is 2.61 bits per heavy atom. The van der Waals surface area contributed by atoms with Crippen molar-refractivity contribution in [1.82, 2.24) is 9.78 Å². The molecule has 7 heteroatoms. The van der Waals surface area contributed by atoms with E-state index in [1.807, 2.05) is 12.1 Å². The Bertz CT molecular complexity index is 682. The number of hydrogen-bond acceptors (Lipinski definition) is 4. The highest BCUT2D eigenvalue weighted by Crippen LogP contribution is 2.13. The fourth-order valence-corrected chi connectivity index (χ4v) is 2.25. The summed E-state index contributed by atoms with van der Waals surface area (Å²) in [4.78, 5) is 22.9. The SMILES string of the molecule is CCOC(=O)C(Cc1cnn(Cc2ccc(Cl)cc2)c1)C(=O)O. The van der Waals surface area contributed by atoms with Crippen molar-refractivity contribution < 1.29 is 19.4 Å². The maximum absolute atomic E-state index is 11.7. The number of carboxylic acid groups (broad SMARTS) is 1. The van der Waals surface area contributed by atoms with Crippen molar-refractivity contribution in [2.24, 2.45) is 5.92 Å². The van der Waals surface area contributed by atoms with Gasteiger partial charge in [0, 0.05) is 11.2 Å². The Morgan fingerprint density at radius 2 is 2.00 bits per heavy atom. The van der Waals surface area contributed by atoms with E-state index in [4.69, 9.17) is 21.4 Å². The molecule has 0 bridgehead atoms. The van der Waals surface area contributed by atoms with Crippen LogP contribution in [0, 0.1) is 5.92 Å². The Hall–Kier alpha value is -2.34. The number of carbonyl (C=O) groups excluding carboxylic acids is 1. The normalized spacial score (nSPS) is 11.9. The molecule has 0 saturated carbocycles. The maximum Gasteiger partial charge on any atom is 0.320 e. The third kappa shape index (κ3) is 4.82. The van der Waals surface area contributed by atoms with Crippen LogP contribution in [0.15, 0.2) is 36.7 Å². The van der Waals surface area contributed by atoms with Crippen LogP contribution in [-0.4, -0.2) is 33.4 Å². The fourth-order valence-electron chi connectivity index (χ4n) is 2.13. The van der Waals surface area contributed by atoms with Gasteiger partial charge in [-0.15, -0.1) is 0 Å². The van der Waals surface area contributed by atoms with Crippen molar-refractivity contribution in [2.75, 3.05) is 6.61 Å². The molecular formula is C16H17ClN2O4. The summed E-state index contributed by atoms with van der Waals surface area (Å²) in [5.41, 5.74) is 1.68. The van der Waals surface area contributed by atoms with Crippen LogP contribution >= 0.6 is 11.6 Å². The zero-order chi connectivity index (χ0) is 16.8. The Balaban J connectivity index is 2.04. The predicted molar refractivity (Wildman–Crippen MR) is 84.2 cm³/mol. The summed E-state index contributed by atoms with van der Waals surface area (Å²) in [5, 5.41) is 14.0. The number of hydrogen-bond donors (Lipinski definition) is 1. The summed E-state index contributed by atoms with van der Waals surface area (Å²) < 4.78 is 6.47. The van der Waals surface area contributed by atoms with E-state index < -0.39 is 17.9 Å². The van der Waals surface area contributed by atoms with E-state index in [9.17, 15) is 9.59 Å². The Morgan fingerprint density at radius 1 is 1.30 bits per heavy atom. The second-order valence-electron chi connectivity index (χ2n) is 5.02. The van der Waals surface area contributed by atoms with Crippen LogP contribution in [0.2, 0.25) is 5.02 Å². The molecule has 0 amide bonds. The number of carboxylic acids is 1. The van der Waals surface area contributed by atoms with Gasteiger partial charge in [-0.3, -0.25) is 14.3 Å². The molecule has 23 heavy (non-hydrogen) atoms. The minimum Gasteiger partial charge on any atom is -0.481 e. The molecule has 0 aliphatic rings. The summed E-state index contributed by atoms with van der Waals surface area (Å²) >= 11 is 5.84. The molecule has 1 atom stereocenters. The number of aliphatic carboxylic acids is 1. The van der Waals surface area contributed by atoms with Crippen LogP contribution < -0.4 is 0 Å². The molecule has 1 unspecified atom stereocenters. The predicted octanol–water partition coefficient (Wildman–Crippen LogP) is 2.39. The highest BCUT2D eigenvalue weighted by Gasteiger charge is 2.28. The molecule has 1 N–H and O–H groups in total. The molecule has 122 valence electrons. The lowest BCUT2D eigenvalue weighted by molar-refractivity contribution is -0.158. The molecule has 1 aromatic heterocycles. The fraction of sp³-hybridized carbons (Fsp3) is 0.312. The van der Waals surface area contributed by atoms with Crippen LogP contribution in [0.3, 0.4) is 0 Å². The maximum atomic E-state index is 11.7. The average Bonchev–Trinajstić information content (AvgIpc) is 2.94. The van der Waals surface area contributed by atoms with E-state index in [0.717, 1.165) is 5.56 Å². The second kappa shape index (κ2) is 7.78. The van der Waals surface area contributed by atoms with Crippen LogP contribution in [-0.2, 0) is 27.3 Å². The van der Waals surface area contributed by atoms with Crippen LogP contribution in [0.1, 0.15) is 18.1 Å². The van der Waals surface area contributed by atoms with Crippen LogP contribution in [0.25, 0.3) is 0 Å². The number of rotatable bonds is 7. The lowest BCUT2D eigenvalue weighted by atomic mass is 10.0. The van der Waals surface area contributed by atoms with Gasteiger partial charge in [-0.05, 0) is 36.6 Å². The van der Waals surface area contributed by atoms with Gasteiger partial charge in [0.1, 0.15) is 0 Å². The van der Waals surface area contributed by atoms with Crippen molar-refractivity contribution in [1.29, 1.82) is 0 Å². The van der Waals surface area contributed by atoms with E-state index in [-0.39, 0.29) is 13.0 Å². The molecule has 1 aromatic carbocycles. The van der Waals surface area contributed by atoms with Gasteiger partial charge < -0.3 is 9.84 Å². The first-order valence-electron chi connectivity index (χ1n) is 7.14. The third-order valence-electron chi connectivity index (χ3n) is 3.25. The summed E-state index contributed by atoms with van der Waals surface area (Å²) in [6, 6.07) is 7.37. The lowest BCUT2D eigenvalue weighted by Gasteiger charge is -2.09. The molecule has 0 fully saturated rings. The summed E-state index contributed by atoms with van der Waals surface area (Å²) in [6.45, 7) is 2.33. The van der Waals surface area contributed by atoms with Crippen molar-refractivity contribution in [3.05, 3.63) is 52.8 Å². The van der Waals surface area contributed by atoms with E-state index in [1.54, 1.807) is 36.1 Å². The monoisotopic (exact) mass is 336 g/mol. The molecule has 1 heterocycles. The van der Waals surface area contributed by atoms with Crippen LogP contribution in [0.5, 0.6) is 0 Å².